The average molecular weight is 215 g/mol. The number of hydrogen-bond acceptors (Lipinski definition) is 3. The van der Waals surface area contributed by atoms with E-state index in [0.29, 0.717) is 11.3 Å². The fourth-order valence-electron chi connectivity index (χ4n) is 1.35. The monoisotopic (exact) mass is 215 g/mol. The highest BCUT2D eigenvalue weighted by Crippen LogP contribution is 2.17. The molecule has 4 nitrogen and oxygen atoms in total. The second kappa shape index (κ2) is 4.02. The van der Waals surface area contributed by atoms with Crippen LogP contribution in [-0.2, 0) is 4.79 Å². The summed E-state index contributed by atoms with van der Waals surface area (Å²) in [6.45, 7) is 3.30. The Morgan fingerprint density at radius 1 is 1.31 bits per heavy atom. The van der Waals surface area contributed by atoms with Gasteiger partial charge in [-0.05, 0) is 23.6 Å². The molecule has 0 fully saturated rings. The third kappa shape index (κ3) is 2.00. The Kier molecular flexibility index (Phi) is 2.55. The lowest BCUT2D eigenvalue weighted by Gasteiger charge is -2.02. The summed E-state index contributed by atoms with van der Waals surface area (Å²) in [5.74, 6) is -0.156. The van der Waals surface area contributed by atoms with E-state index >= 15 is 0 Å². The van der Waals surface area contributed by atoms with Gasteiger partial charge in [0.05, 0.1) is 5.52 Å². The van der Waals surface area contributed by atoms with Crippen molar-refractivity contribution >= 4 is 16.9 Å². The minimum atomic E-state index is -0.530. The molecule has 0 aliphatic carbocycles. The first-order valence-corrected chi connectivity index (χ1v) is 4.66. The number of aromatic nitrogens is 1. The number of fused-ring (bicyclic) bond motifs is 1. The summed E-state index contributed by atoms with van der Waals surface area (Å²) in [5, 5.41) is 0.873. The fourth-order valence-corrected chi connectivity index (χ4v) is 1.35. The second-order valence-corrected chi connectivity index (χ2v) is 3.20. The minimum Gasteiger partial charge on any atom is -0.423 e. The molecule has 1 aromatic heterocycles. The standard InChI is InChI=1S/C12H9NO3/c1-2-12(15)16-9-5-3-8-4-6-11(14)13-10(8)7-9/h2-7H,1H2,(H,13,14). The summed E-state index contributed by atoms with van der Waals surface area (Å²) >= 11 is 0. The SMILES string of the molecule is C=CC(=O)Oc1ccc2ccc(=O)[nH]c2c1. The zero-order valence-corrected chi connectivity index (χ0v) is 8.40. The van der Waals surface area contributed by atoms with Crippen molar-refractivity contribution in [3.63, 3.8) is 0 Å². The summed E-state index contributed by atoms with van der Waals surface area (Å²) in [6.07, 6.45) is 1.08. The highest BCUT2D eigenvalue weighted by Gasteiger charge is 2.01. The predicted octanol–water partition coefficient (Wildman–Crippen LogP) is 1.62. The molecule has 2 rings (SSSR count). The van der Waals surface area contributed by atoms with Crippen molar-refractivity contribution in [2.45, 2.75) is 0 Å². The van der Waals surface area contributed by atoms with Gasteiger partial charge in [0, 0.05) is 18.2 Å². The smallest absolute Gasteiger partial charge is 0.335 e. The van der Waals surface area contributed by atoms with Crippen LogP contribution in [0, 0.1) is 0 Å². The number of hydrogen-bond donors (Lipinski definition) is 1. The van der Waals surface area contributed by atoms with Crippen LogP contribution in [0.3, 0.4) is 0 Å². The maximum absolute atomic E-state index is 11.1. The molecule has 0 saturated carbocycles. The van der Waals surface area contributed by atoms with Crippen LogP contribution in [-0.4, -0.2) is 11.0 Å². The van der Waals surface area contributed by atoms with E-state index in [1.807, 2.05) is 0 Å². The number of rotatable bonds is 2. The number of carbonyl (C=O) groups excluding carboxylic acids is 1. The molecule has 0 unspecified atom stereocenters. The molecular weight excluding hydrogens is 206 g/mol. The predicted molar refractivity (Wildman–Crippen MR) is 60.4 cm³/mol. The number of H-pyrrole nitrogens is 1. The Morgan fingerprint density at radius 2 is 2.06 bits per heavy atom. The minimum absolute atomic E-state index is 0.195. The molecule has 0 bridgehead atoms. The molecule has 80 valence electrons. The Balaban J connectivity index is 2.46. The first kappa shape index (κ1) is 10.2. The first-order chi connectivity index (χ1) is 7.69. The van der Waals surface area contributed by atoms with E-state index in [2.05, 4.69) is 11.6 Å². The number of nitrogens with one attached hydrogen (secondary N) is 1. The van der Waals surface area contributed by atoms with Gasteiger partial charge in [-0.15, -0.1) is 0 Å². The molecule has 16 heavy (non-hydrogen) atoms. The molecule has 0 aliphatic heterocycles. The van der Waals surface area contributed by atoms with E-state index in [4.69, 9.17) is 4.74 Å². The van der Waals surface area contributed by atoms with Crippen LogP contribution in [0.2, 0.25) is 0 Å². The summed E-state index contributed by atoms with van der Waals surface area (Å²) in [5.41, 5.74) is 0.432. The van der Waals surface area contributed by atoms with Gasteiger partial charge in [-0.25, -0.2) is 4.79 Å². The number of aromatic amines is 1. The third-order valence-corrected chi connectivity index (χ3v) is 2.08. The maximum Gasteiger partial charge on any atom is 0.335 e. The molecule has 1 heterocycles. The number of benzene rings is 1. The molecule has 0 spiro atoms. The van der Waals surface area contributed by atoms with Gasteiger partial charge in [0.15, 0.2) is 0 Å². The van der Waals surface area contributed by atoms with Gasteiger partial charge in [0.2, 0.25) is 5.56 Å². The van der Waals surface area contributed by atoms with Crippen molar-refractivity contribution in [1.29, 1.82) is 0 Å². The summed E-state index contributed by atoms with van der Waals surface area (Å²) in [4.78, 5) is 24.7. The molecule has 1 aromatic carbocycles. The molecule has 0 amide bonds. The summed E-state index contributed by atoms with van der Waals surface area (Å²) in [7, 11) is 0. The van der Waals surface area contributed by atoms with E-state index in [-0.39, 0.29) is 5.56 Å². The first-order valence-electron chi connectivity index (χ1n) is 4.66. The van der Waals surface area contributed by atoms with Crippen molar-refractivity contribution in [1.82, 2.24) is 4.98 Å². The quantitative estimate of drug-likeness (QED) is 0.470. The molecule has 4 heteroatoms. The molecule has 2 aromatic rings. The molecular formula is C12H9NO3. The van der Waals surface area contributed by atoms with Gasteiger partial charge in [-0.1, -0.05) is 6.58 Å². The van der Waals surface area contributed by atoms with Crippen molar-refractivity contribution < 1.29 is 9.53 Å². The van der Waals surface area contributed by atoms with Gasteiger partial charge >= 0.3 is 5.97 Å². The molecule has 0 aliphatic rings. The largest absolute Gasteiger partial charge is 0.423 e. The zero-order valence-electron chi connectivity index (χ0n) is 8.40. The van der Waals surface area contributed by atoms with Crippen LogP contribution >= 0.6 is 0 Å². The number of carbonyl (C=O) groups is 1. The molecule has 0 radical (unpaired) electrons. The lowest BCUT2D eigenvalue weighted by molar-refractivity contribution is -0.128. The van der Waals surface area contributed by atoms with Gasteiger partial charge < -0.3 is 9.72 Å². The maximum atomic E-state index is 11.1. The van der Waals surface area contributed by atoms with Crippen molar-refractivity contribution in [3.05, 3.63) is 53.3 Å². The van der Waals surface area contributed by atoms with Crippen LogP contribution in [0.4, 0.5) is 0 Å². The summed E-state index contributed by atoms with van der Waals surface area (Å²) < 4.78 is 4.93. The van der Waals surface area contributed by atoms with E-state index in [1.165, 1.54) is 6.07 Å². The Bertz CT molecular complexity index is 613. The molecule has 1 N–H and O–H groups in total. The van der Waals surface area contributed by atoms with E-state index in [0.717, 1.165) is 11.5 Å². The van der Waals surface area contributed by atoms with Crippen LogP contribution in [0.5, 0.6) is 5.75 Å². The third-order valence-electron chi connectivity index (χ3n) is 2.08. The zero-order chi connectivity index (χ0) is 11.5. The Labute approximate surface area is 91.2 Å². The average Bonchev–Trinajstić information content (AvgIpc) is 2.28. The van der Waals surface area contributed by atoms with Crippen LogP contribution in [0.1, 0.15) is 0 Å². The van der Waals surface area contributed by atoms with Crippen LogP contribution < -0.4 is 10.3 Å². The van der Waals surface area contributed by atoms with Crippen LogP contribution in [0.25, 0.3) is 10.9 Å². The van der Waals surface area contributed by atoms with Crippen LogP contribution in [0.15, 0.2) is 47.8 Å². The highest BCUT2D eigenvalue weighted by molar-refractivity contribution is 5.85. The normalized spacial score (nSPS) is 10.0. The lowest BCUT2D eigenvalue weighted by Crippen LogP contribution is -2.05. The van der Waals surface area contributed by atoms with Gasteiger partial charge in [0.25, 0.3) is 0 Å². The van der Waals surface area contributed by atoms with Crippen molar-refractivity contribution in [2.75, 3.05) is 0 Å². The Morgan fingerprint density at radius 3 is 2.81 bits per heavy atom. The van der Waals surface area contributed by atoms with E-state index in [1.54, 1.807) is 24.3 Å². The second-order valence-electron chi connectivity index (χ2n) is 3.20. The van der Waals surface area contributed by atoms with Gasteiger partial charge in [-0.3, -0.25) is 4.79 Å². The number of ether oxygens (including phenoxy) is 1. The molecule has 0 atom stereocenters. The van der Waals surface area contributed by atoms with Gasteiger partial charge in [-0.2, -0.15) is 0 Å². The van der Waals surface area contributed by atoms with Gasteiger partial charge in [0.1, 0.15) is 5.75 Å². The van der Waals surface area contributed by atoms with E-state index in [9.17, 15) is 9.59 Å². The fraction of sp³-hybridized carbons (Fsp3) is 0. The number of esters is 1. The molecule has 0 saturated heterocycles. The topological polar surface area (TPSA) is 59.2 Å². The lowest BCUT2D eigenvalue weighted by atomic mass is 10.2. The number of pyridine rings is 1. The van der Waals surface area contributed by atoms with Crippen molar-refractivity contribution in [2.24, 2.45) is 0 Å². The Hall–Kier alpha value is -2.36. The van der Waals surface area contributed by atoms with Crippen molar-refractivity contribution in [3.8, 4) is 5.75 Å². The summed E-state index contributed by atoms with van der Waals surface area (Å²) in [6, 6.07) is 8.15. The highest BCUT2D eigenvalue weighted by atomic mass is 16.5. The van der Waals surface area contributed by atoms with E-state index < -0.39 is 5.97 Å².